The van der Waals surface area contributed by atoms with Gasteiger partial charge in [0.1, 0.15) is 12.2 Å². The minimum atomic E-state index is -0.730. The van der Waals surface area contributed by atoms with Crippen molar-refractivity contribution >= 4 is 67.7 Å². The number of benzene rings is 3. The maximum atomic E-state index is 14.2. The molecule has 4 amide bonds. The summed E-state index contributed by atoms with van der Waals surface area (Å²) < 4.78 is 0.947. The molecule has 0 unspecified atom stereocenters. The van der Waals surface area contributed by atoms with E-state index >= 15 is 0 Å². The molecule has 234 valence electrons. The number of nitrogens with two attached hydrogens (primary N) is 1. The van der Waals surface area contributed by atoms with Crippen LogP contribution >= 0.6 is 34.5 Å². The van der Waals surface area contributed by atoms with Gasteiger partial charge in [0.25, 0.3) is 0 Å². The van der Waals surface area contributed by atoms with Crippen LogP contribution in [0, 0.1) is 0 Å². The number of anilines is 1. The Labute approximate surface area is 275 Å². The molecule has 0 radical (unpaired) electrons. The van der Waals surface area contributed by atoms with Crippen LogP contribution in [-0.2, 0) is 29.1 Å². The van der Waals surface area contributed by atoms with Crippen molar-refractivity contribution in [1.29, 1.82) is 0 Å². The number of amides is 4. The zero-order valence-corrected chi connectivity index (χ0v) is 27.0. The first-order valence-electron chi connectivity index (χ1n) is 14.8. The normalized spacial score (nSPS) is 18.5. The molecule has 3 heterocycles. The number of urea groups is 1. The monoisotopic (exact) mass is 665 g/mol. The van der Waals surface area contributed by atoms with E-state index in [1.807, 2.05) is 55.5 Å². The van der Waals surface area contributed by atoms with Crippen LogP contribution < -0.4 is 11.1 Å². The zero-order chi connectivity index (χ0) is 31.7. The van der Waals surface area contributed by atoms with E-state index in [2.05, 4.69) is 10.3 Å². The van der Waals surface area contributed by atoms with Crippen molar-refractivity contribution in [3.63, 3.8) is 0 Å². The van der Waals surface area contributed by atoms with E-state index in [0.717, 1.165) is 26.9 Å². The fourth-order valence-electron chi connectivity index (χ4n) is 6.06. The molecular weight excluding hydrogens is 633 g/mol. The molecule has 0 aliphatic carbocycles. The number of aromatic nitrogens is 1. The number of carbonyl (C=O) groups excluding carboxylic acids is 3. The summed E-state index contributed by atoms with van der Waals surface area (Å²) in [6.07, 6.45) is 0.490. The summed E-state index contributed by atoms with van der Waals surface area (Å²) in [4.78, 5) is 49.5. The second-order valence-electron chi connectivity index (χ2n) is 11.1. The summed E-state index contributed by atoms with van der Waals surface area (Å²) in [7, 11) is 0. The molecule has 13 heteroatoms. The molecule has 2 aliphatic rings. The zero-order valence-electron chi connectivity index (χ0n) is 24.7. The van der Waals surface area contributed by atoms with Gasteiger partial charge < -0.3 is 20.9 Å². The van der Waals surface area contributed by atoms with E-state index in [9.17, 15) is 14.4 Å². The van der Waals surface area contributed by atoms with Gasteiger partial charge in [0.15, 0.2) is 5.13 Å². The molecule has 3 aromatic carbocycles. The average Bonchev–Trinajstić information content (AvgIpc) is 3.57. The van der Waals surface area contributed by atoms with E-state index in [1.165, 1.54) is 11.3 Å². The van der Waals surface area contributed by atoms with Gasteiger partial charge in [-0.1, -0.05) is 90.0 Å². The lowest BCUT2D eigenvalue weighted by molar-refractivity contribution is -0.157. The Bertz CT molecular complexity index is 1740. The van der Waals surface area contributed by atoms with Crippen molar-refractivity contribution in [1.82, 2.24) is 30.1 Å². The fraction of sp³-hybridized carbons (Fsp3) is 0.312. The number of rotatable bonds is 9. The maximum Gasteiger partial charge on any atom is 0.332 e. The van der Waals surface area contributed by atoms with E-state index in [1.54, 1.807) is 38.0 Å². The Hall–Kier alpha value is -3.90. The lowest BCUT2D eigenvalue weighted by atomic mass is 10.00. The highest BCUT2D eigenvalue weighted by Gasteiger charge is 2.52. The third-order valence-electron chi connectivity index (χ3n) is 8.13. The topological polar surface area (TPSA) is 115 Å². The number of para-hydroxylation sites is 1. The van der Waals surface area contributed by atoms with E-state index in [4.69, 9.17) is 28.9 Å². The van der Waals surface area contributed by atoms with Gasteiger partial charge in [-0.2, -0.15) is 5.01 Å². The number of carbonyl (C=O) groups is 3. The fourth-order valence-corrected chi connectivity index (χ4v) is 7.16. The van der Waals surface area contributed by atoms with Crippen LogP contribution in [0.4, 0.5) is 9.93 Å². The SMILES string of the molecule is CCCN(C(=O)NCc1ccc(Cl)c(Cl)c1)N1CC(=O)N2[C@@H](Cc3ccccc3)C(=O)N(Cc3cccc4sc(N)nc34)C[C@@H]21. The minimum absolute atomic E-state index is 0.0184. The molecule has 10 nitrogen and oxygen atoms in total. The summed E-state index contributed by atoms with van der Waals surface area (Å²) in [5.74, 6) is -0.335. The van der Waals surface area contributed by atoms with Gasteiger partial charge in [-0.05, 0) is 41.3 Å². The van der Waals surface area contributed by atoms with Crippen LogP contribution in [0.25, 0.3) is 10.2 Å². The van der Waals surface area contributed by atoms with Crippen molar-refractivity contribution in [2.75, 3.05) is 25.4 Å². The van der Waals surface area contributed by atoms with Gasteiger partial charge in [-0.3, -0.25) is 14.6 Å². The highest BCUT2D eigenvalue weighted by Crippen LogP contribution is 2.32. The number of piperazine rings is 1. The molecule has 2 aliphatic heterocycles. The maximum absolute atomic E-state index is 14.2. The first kappa shape index (κ1) is 31.1. The van der Waals surface area contributed by atoms with Crippen LogP contribution in [0.1, 0.15) is 30.0 Å². The average molecular weight is 667 g/mol. The number of hydrazine groups is 1. The molecular formula is C32H33Cl2N7O3S. The molecule has 2 fully saturated rings. The number of nitrogen functional groups attached to an aromatic ring is 1. The molecule has 2 saturated heterocycles. The first-order valence-corrected chi connectivity index (χ1v) is 16.3. The van der Waals surface area contributed by atoms with Gasteiger partial charge in [0.05, 0.1) is 33.4 Å². The number of fused-ring (bicyclic) bond motifs is 2. The highest BCUT2D eigenvalue weighted by atomic mass is 35.5. The highest BCUT2D eigenvalue weighted by molar-refractivity contribution is 7.22. The smallest absolute Gasteiger partial charge is 0.332 e. The molecule has 45 heavy (non-hydrogen) atoms. The quantitative estimate of drug-likeness (QED) is 0.256. The standard InChI is InChI=1S/C32H33Cl2N7O3S/c1-2-13-39(32(44)36-16-21-11-12-23(33)24(34)14-21)40-19-28(42)41-25(15-20-7-4-3-5-8-20)30(43)38(18-27(40)41)17-22-9-6-10-26-29(22)37-31(35)45-26/h3-12,14,25,27H,2,13,15-19H2,1H3,(H2,35,37)(H,36,44)/t25-,27+/m0/s1. The second-order valence-corrected chi connectivity index (χ2v) is 13.0. The van der Waals surface area contributed by atoms with Crippen molar-refractivity contribution in [3.05, 3.63) is 93.5 Å². The van der Waals surface area contributed by atoms with Gasteiger partial charge in [-0.15, -0.1) is 0 Å². The number of halogens is 2. The first-order chi connectivity index (χ1) is 21.7. The van der Waals surface area contributed by atoms with Crippen LogP contribution in [0.15, 0.2) is 66.7 Å². The summed E-state index contributed by atoms with van der Waals surface area (Å²) in [6, 6.07) is 19.6. The number of thiazole rings is 1. The van der Waals surface area contributed by atoms with Crippen LogP contribution in [0.5, 0.6) is 0 Å². The lowest BCUT2D eigenvalue weighted by Crippen LogP contribution is -2.66. The van der Waals surface area contributed by atoms with Crippen molar-refractivity contribution < 1.29 is 14.4 Å². The largest absolute Gasteiger partial charge is 0.375 e. The molecule has 0 bridgehead atoms. The van der Waals surface area contributed by atoms with E-state index < -0.39 is 12.2 Å². The van der Waals surface area contributed by atoms with Crippen LogP contribution in [0.2, 0.25) is 10.0 Å². The van der Waals surface area contributed by atoms with Gasteiger partial charge in [-0.25, -0.2) is 9.78 Å². The Morgan fingerprint density at radius 3 is 2.62 bits per heavy atom. The Balaban J connectivity index is 1.30. The predicted octanol–water partition coefficient (Wildman–Crippen LogP) is 5.15. The third-order valence-corrected chi connectivity index (χ3v) is 9.72. The van der Waals surface area contributed by atoms with Crippen molar-refractivity contribution in [2.45, 2.75) is 45.1 Å². The van der Waals surface area contributed by atoms with Gasteiger partial charge >= 0.3 is 6.03 Å². The summed E-state index contributed by atoms with van der Waals surface area (Å²) in [5, 5.41) is 7.66. The number of nitrogens with one attached hydrogen (secondary N) is 1. The van der Waals surface area contributed by atoms with Crippen LogP contribution in [-0.4, -0.2) is 74.5 Å². The Morgan fingerprint density at radius 2 is 1.87 bits per heavy atom. The Morgan fingerprint density at radius 1 is 1.07 bits per heavy atom. The molecule has 0 saturated carbocycles. The van der Waals surface area contributed by atoms with Crippen LogP contribution in [0.3, 0.4) is 0 Å². The minimum Gasteiger partial charge on any atom is -0.375 e. The van der Waals surface area contributed by atoms with E-state index in [-0.39, 0.29) is 37.5 Å². The third kappa shape index (κ3) is 6.44. The van der Waals surface area contributed by atoms with Gasteiger partial charge in [0, 0.05) is 26.1 Å². The predicted molar refractivity (Wildman–Crippen MR) is 176 cm³/mol. The molecule has 2 atom stereocenters. The molecule has 6 rings (SSSR count). The number of hydrogen-bond acceptors (Lipinski definition) is 7. The number of nitrogens with zero attached hydrogens (tertiary/aromatic N) is 5. The summed E-state index contributed by atoms with van der Waals surface area (Å²) in [6.45, 7) is 3.10. The lowest BCUT2D eigenvalue weighted by Gasteiger charge is -2.46. The molecule has 0 spiro atoms. The molecule has 1 aromatic heterocycles. The Kier molecular flexibility index (Phi) is 9.14. The van der Waals surface area contributed by atoms with Gasteiger partial charge in [0.2, 0.25) is 11.8 Å². The summed E-state index contributed by atoms with van der Waals surface area (Å²) >= 11 is 13.6. The molecule has 3 N–H and O–H groups in total. The van der Waals surface area contributed by atoms with Crippen molar-refractivity contribution in [2.24, 2.45) is 0 Å². The van der Waals surface area contributed by atoms with Crippen molar-refractivity contribution in [3.8, 4) is 0 Å². The summed E-state index contributed by atoms with van der Waals surface area (Å²) in [5.41, 5.74) is 9.40. The molecule has 4 aromatic rings. The second kappa shape index (κ2) is 13.2. The van der Waals surface area contributed by atoms with E-state index in [0.29, 0.717) is 41.1 Å². The number of hydrogen-bond donors (Lipinski definition) is 2.